The molecule has 3 heteroatoms. The summed E-state index contributed by atoms with van der Waals surface area (Å²) < 4.78 is 5.23. The van der Waals surface area contributed by atoms with E-state index in [9.17, 15) is 0 Å². The molecule has 3 nitrogen and oxygen atoms in total. The van der Waals surface area contributed by atoms with Crippen LogP contribution in [0.4, 0.5) is 0 Å². The Morgan fingerprint density at radius 3 is 1.91 bits per heavy atom. The topological polar surface area (TPSA) is 15.7 Å². The molecule has 0 aromatic carbocycles. The lowest BCUT2D eigenvalue weighted by atomic mass is 10.6. The van der Waals surface area contributed by atoms with Crippen molar-refractivity contribution in [3.63, 3.8) is 0 Å². The molecule has 1 aliphatic heterocycles. The lowest BCUT2D eigenvalue weighted by Crippen LogP contribution is -2.36. The van der Waals surface area contributed by atoms with Gasteiger partial charge in [0.25, 0.3) is 0 Å². The van der Waals surface area contributed by atoms with E-state index in [1.165, 1.54) is 0 Å². The van der Waals surface area contributed by atoms with Crippen LogP contribution in [0, 0.1) is 0 Å². The number of hydrazine groups is 1. The quantitative estimate of drug-likeness (QED) is 0.558. The van der Waals surface area contributed by atoms with Crippen molar-refractivity contribution in [2.45, 2.75) is 0 Å². The summed E-state index contributed by atoms with van der Waals surface area (Å²) in [4.78, 5) is 0. The fourth-order valence-electron chi connectivity index (χ4n) is 1.05. The Morgan fingerprint density at radius 1 is 1.09 bits per heavy atom. The van der Waals surface area contributed by atoms with Crippen LogP contribution in [0.15, 0.2) is 25.3 Å². The lowest BCUT2D eigenvalue weighted by molar-refractivity contribution is 0.0530. The van der Waals surface area contributed by atoms with Crippen molar-refractivity contribution in [1.29, 1.82) is 0 Å². The minimum atomic E-state index is 0.667. The zero-order valence-electron chi connectivity index (χ0n) is 6.70. The molecule has 62 valence electrons. The van der Waals surface area contributed by atoms with Gasteiger partial charge < -0.3 is 4.74 Å². The van der Waals surface area contributed by atoms with Gasteiger partial charge in [0.05, 0.1) is 0 Å². The molecule has 0 aromatic heterocycles. The normalized spacial score (nSPS) is 20.4. The molecule has 0 bridgehead atoms. The van der Waals surface area contributed by atoms with Gasteiger partial charge in [-0.3, -0.25) is 0 Å². The van der Waals surface area contributed by atoms with Crippen LogP contribution in [0.2, 0.25) is 0 Å². The van der Waals surface area contributed by atoms with E-state index in [0.717, 1.165) is 13.1 Å². The minimum absolute atomic E-state index is 0.667. The Balaban J connectivity index is 2.36. The van der Waals surface area contributed by atoms with Crippen LogP contribution in [-0.4, -0.2) is 36.6 Å². The lowest BCUT2D eigenvalue weighted by Gasteiger charge is -2.22. The summed E-state index contributed by atoms with van der Waals surface area (Å²) in [6, 6.07) is 0. The maximum atomic E-state index is 5.23. The molecule has 0 amide bonds. The number of rotatable bonds is 4. The average molecular weight is 154 g/mol. The minimum Gasteiger partial charge on any atom is -0.348 e. The van der Waals surface area contributed by atoms with E-state index in [1.54, 1.807) is 0 Å². The summed E-state index contributed by atoms with van der Waals surface area (Å²) in [6.07, 6.45) is 3.73. The number of hydrogen-bond donors (Lipinski definition) is 0. The Morgan fingerprint density at radius 2 is 1.55 bits per heavy atom. The second-order valence-corrected chi connectivity index (χ2v) is 2.42. The highest BCUT2D eigenvalue weighted by Gasteiger charge is 2.18. The fraction of sp³-hybridized carbons (Fsp3) is 0.500. The Kier molecular flexibility index (Phi) is 3.29. The van der Waals surface area contributed by atoms with E-state index in [4.69, 9.17) is 4.74 Å². The summed E-state index contributed by atoms with van der Waals surface area (Å²) in [5.41, 5.74) is 0. The monoisotopic (exact) mass is 154 g/mol. The Hall–Kier alpha value is -0.640. The SMILES string of the molecule is C=CCN1COCN1CC=C. The summed E-state index contributed by atoms with van der Waals surface area (Å²) in [5.74, 6) is 0. The first-order valence-corrected chi connectivity index (χ1v) is 3.68. The predicted octanol–water partition coefficient (Wildman–Crippen LogP) is 0.823. The summed E-state index contributed by atoms with van der Waals surface area (Å²) >= 11 is 0. The summed E-state index contributed by atoms with van der Waals surface area (Å²) in [5, 5.41) is 4.18. The summed E-state index contributed by atoms with van der Waals surface area (Å²) in [7, 11) is 0. The Labute approximate surface area is 67.5 Å². The molecular formula is C8H14N2O. The molecule has 0 radical (unpaired) electrons. The molecule has 0 atom stereocenters. The van der Waals surface area contributed by atoms with Gasteiger partial charge >= 0.3 is 0 Å². The molecule has 0 aliphatic carbocycles. The summed E-state index contributed by atoms with van der Waals surface area (Å²) in [6.45, 7) is 10.4. The molecule has 0 N–H and O–H groups in total. The van der Waals surface area contributed by atoms with Gasteiger partial charge in [0.15, 0.2) is 0 Å². The molecular weight excluding hydrogens is 140 g/mol. The largest absolute Gasteiger partial charge is 0.348 e. The van der Waals surface area contributed by atoms with Crippen LogP contribution in [0.3, 0.4) is 0 Å². The molecule has 1 heterocycles. The molecule has 11 heavy (non-hydrogen) atoms. The van der Waals surface area contributed by atoms with E-state index >= 15 is 0 Å². The zero-order valence-corrected chi connectivity index (χ0v) is 6.70. The maximum Gasteiger partial charge on any atom is 0.114 e. The second kappa shape index (κ2) is 4.28. The third-order valence-corrected chi connectivity index (χ3v) is 1.56. The van der Waals surface area contributed by atoms with E-state index in [2.05, 4.69) is 23.2 Å². The molecule has 0 unspecified atom stereocenters. The van der Waals surface area contributed by atoms with Crippen LogP contribution in [0.5, 0.6) is 0 Å². The van der Waals surface area contributed by atoms with Crippen LogP contribution >= 0.6 is 0 Å². The van der Waals surface area contributed by atoms with Crippen molar-refractivity contribution in [1.82, 2.24) is 10.0 Å². The van der Waals surface area contributed by atoms with E-state index < -0.39 is 0 Å². The molecule has 0 saturated carbocycles. The van der Waals surface area contributed by atoms with Crippen molar-refractivity contribution < 1.29 is 4.74 Å². The van der Waals surface area contributed by atoms with Gasteiger partial charge in [-0.2, -0.15) is 0 Å². The van der Waals surface area contributed by atoms with Gasteiger partial charge in [0.1, 0.15) is 13.5 Å². The van der Waals surface area contributed by atoms with Crippen molar-refractivity contribution in [3.05, 3.63) is 25.3 Å². The highest BCUT2D eigenvalue weighted by atomic mass is 16.5. The van der Waals surface area contributed by atoms with E-state index in [0.29, 0.717) is 13.5 Å². The van der Waals surface area contributed by atoms with Crippen molar-refractivity contribution in [3.8, 4) is 0 Å². The average Bonchev–Trinajstić information content (AvgIpc) is 2.39. The molecule has 0 aromatic rings. The van der Waals surface area contributed by atoms with Gasteiger partial charge in [0.2, 0.25) is 0 Å². The van der Waals surface area contributed by atoms with Crippen molar-refractivity contribution in [2.75, 3.05) is 26.6 Å². The van der Waals surface area contributed by atoms with Gasteiger partial charge in [-0.25, -0.2) is 10.0 Å². The maximum absolute atomic E-state index is 5.23. The molecule has 0 spiro atoms. The highest BCUT2D eigenvalue weighted by Crippen LogP contribution is 2.06. The smallest absolute Gasteiger partial charge is 0.114 e. The molecule has 1 rings (SSSR count). The number of hydrogen-bond acceptors (Lipinski definition) is 3. The van der Waals surface area contributed by atoms with Crippen LogP contribution < -0.4 is 0 Å². The molecule has 1 saturated heterocycles. The molecule has 1 aliphatic rings. The first-order chi connectivity index (χ1) is 5.38. The molecule has 1 fully saturated rings. The number of ether oxygens (including phenoxy) is 1. The van der Waals surface area contributed by atoms with Crippen LogP contribution in [0.25, 0.3) is 0 Å². The standard InChI is InChI=1S/C8H14N2O/c1-3-5-9-7-11-8-10(9)6-4-2/h3-4H,1-2,5-8H2. The van der Waals surface area contributed by atoms with Crippen LogP contribution in [0.1, 0.15) is 0 Å². The second-order valence-electron chi connectivity index (χ2n) is 2.42. The van der Waals surface area contributed by atoms with Crippen molar-refractivity contribution in [2.24, 2.45) is 0 Å². The first kappa shape index (κ1) is 8.46. The van der Waals surface area contributed by atoms with Crippen molar-refractivity contribution >= 4 is 0 Å². The Bertz CT molecular complexity index is 131. The predicted molar refractivity (Wildman–Crippen MR) is 44.6 cm³/mol. The zero-order chi connectivity index (χ0) is 8.10. The van der Waals surface area contributed by atoms with E-state index in [-0.39, 0.29) is 0 Å². The third kappa shape index (κ3) is 2.15. The van der Waals surface area contributed by atoms with Crippen LogP contribution in [-0.2, 0) is 4.74 Å². The van der Waals surface area contributed by atoms with Gasteiger partial charge in [-0.15, -0.1) is 13.2 Å². The van der Waals surface area contributed by atoms with Gasteiger partial charge in [-0.05, 0) is 0 Å². The number of nitrogens with zero attached hydrogens (tertiary/aromatic N) is 2. The fourth-order valence-corrected chi connectivity index (χ4v) is 1.05. The first-order valence-electron chi connectivity index (χ1n) is 3.68. The van der Waals surface area contributed by atoms with Gasteiger partial charge in [0, 0.05) is 13.1 Å². The van der Waals surface area contributed by atoms with Gasteiger partial charge in [-0.1, -0.05) is 12.2 Å². The highest BCUT2D eigenvalue weighted by molar-refractivity contribution is 4.76. The van der Waals surface area contributed by atoms with E-state index in [1.807, 2.05) is 12.2 Å². The third-order valence-electron chi connectivity index (χ3n) is 1.56.